The minimum atomic E-state index is -0.413. The standard InChI is InChI=1S/C39H48N2O5/c1-7-38(3,4)27-20-21-33(32(24-27)39(5,6)8-2)45-23-15-14-22-40-37(44)31-25-34(29-18-12-13-19-30(29)36(31)43)46-26-35(42)41-28-16-10-9-11-17-28/h9-13,16-21,24-25,43H,7-8,14-15,22-23,26H2,1-6H3,(H,40,44)(H,41,42). The summed E-state index contributed by atoms with van der Waals surface area (Å²) in [5.74, 6) is 0.386. The van der Waals surface area contributed by atoms with Crippen molar-refractivity contribution in [3.63, 3.8) is 0 Å². The molecule has 4 rings (SSSR count). The quantitative estimate of drug-likeness (QED) is 0.115. The number of nitrogens with one attached hydrogen (secondary N) is 2. The molecule has 0 saturated heterocycles. The number of phenolic OH excluding ortho intramolecular Hbond substituents is 1. The predicted octanol–water partition coefficient (Wildman–Crippen LogP) is 8.53. The third kappa shape index (κ3) is 8.39. The van der Waals surface area contributed by atoms with Crippen LogP contribution in [-0.2, 0) is 15.6 Å². The molecule has 0 heterocycles. The molecule has 0 atom stereocenters. The molecule has 0 spiro atoms. The molecular weight excluding hydrogens is 576 g/mol. The first-order valence-corrected chi connectivity index (χ1v) is 16.2. The Hall–Kier alpha value is -4.52. The largest absolute Gasteiger partial charge is 0.506 e. The summed E-state index contributed by atoms with van der Waals surface area (Å²) < 4.78 is 12.1. The van der Waals surface area contributed by atoms with Crippen LogP contribution < -0.4 is 20.1 Å². The van der Waals surface area contributed by atoms with Gasteiger partial charge in [-0.05, 0) is 66.3 Å². The molecule has 0 aromatic heterocycles. The van der Waals surface area contributed by atoms with Gasteiger partial charge in [0.1, 0.15) is 17.2 Å². The van der Waals surface area contributed by atoms with Crippen LogP contribution in [0, 0.1) is 0 Å². The molecule has 0 aliphatic heterocycles. The average molecular weight is 625 g/mol. The van der Waals surface area contributed by atoms with Gasteiger partial charge in [-0.3, -0.25) is 9.59 Å². The topological polar surface area (TPSA) is 96.9 Å². The molecule has 0 aliphatic rings. The normalized spacial score (nSPS) is 11.7. The van der Waals surface area contributed by atoms with Crippen LogP contribution in [0.3, 0.4) is 0 Å². The second-order valence-corrected chi connectivity index (χ2v) is 13.0. The highest BCUT2D eigenvalue weighted by Gasteiger charge is 2.26. The summed E-state index contributed by atoms with van der Waals surface area (Å²) in [6.07, 6.45) is 3.52. The minimum Gasteiger partial charge on any atom is -0.506 e. The smallest absolute Gasteiger partial charge is 0.262 e. The van der Waals surface area contributed by atoms with Crippen LogP contribution >= 0.6 is 0 Å². The van der Waals surface area contributed by atoms with Gasteiger partial charge in [-0.2, -0.15) is 0 Å². The number of aromatic hydroxyl groups is 1. The Morgan fingerprint density at radius 2 is 1.43 bits per heavy atom. The van der Waals surface area contributed by atoms with Crippen LogP contribution in [0.1, 0.15) is 88.7 Å². The van der Waals surface area contributed by atoms with E-state index in [4.69, 9.17) is 9.47 Å². The fourth-order valence-electron chi connectivity index (χ4n) is 5.19. The zero-order valence-electron chi connectivity index (χ0n) is 28.0. The van der Waals surface area contributed by atoms with Crippen molar-refractivity contribution in [3.05, 3.63) is 95.6 Å². The van der Waals surface area contributed by atoms with E-state index in [1.54, 1.807) is 30.3 Å². The van der Waals surface area contributed by atoms with Crippen molar-refractivity contribution in [1.82, 2.24) is 5.32 Å². The zero-order chi connectivity index (χ0) is 33.3. The Bertz CT molecular complexity index is 1650. The second kappa shape index (κ2) is 15.2. The van der Waals surface area contributed by atoms with Crippen LogP contribution in [0.25, 0.3) is 10.8 Å². The highest BCUT2D eigenvalue weighted by molar-refractivity contribution is 6.06. The van der Waals surface area contributed by atoms with E-state index in [9.17, 15) is 14.7 Å². The lowest BCUT2D eigenvalue weighted by molar-refractivity contribution is -0.118. The molecule has 46 heavy (non-hydrogen) atoms. The molecule has 0 fully saturated rings. The van der Waals surface area contributed by atoms with E-state index in [2.05, 4.69) is 70.4 Å². The van der Waals surface area contributed by atoms with Gasteiger partial charge in [0.2, 0.25) is 0 Å². The number of hydrogen-bond acceptors (Lipinski definition) is 5. The lowest BCUT2D eigenvalue weighted by Gasteiger charge is -2.30. The third-order valence-electron chi connectivity index (χ3n) is 9.01. The molecule has 0 unspecified atom stereocenters. The maximum Gasteiger partial charge on any atom is 0.262 e. The van der Waals surface area contributed by atoms with Crippen molar-refractivity contribution >= 4 is 28.3 Å². The molecule has 0 saturated carbocycles. The second-order valence-electron chi connectivity index (χ2n) is 13.0. The van der Waals surface area contributed by atoms with Crippen LogP contribution in [0.4, 0.5) is 5.69 Å². The molecule has 244 valence electrons. The highest BCUT2D eigenvalue weighted by atomic mass is 16.5. The molecule has 0 radical (unpaired) electrons. The number of unbranched alkanes of at least 4 members (excludes halogenated alkanes) is 1. The Balaban J connectivity index is 1.35. The number of anilines is 1. The van der Waals surface area contributed by atoms with Gasteiger partial charge < -0.3 is 25.2 Å². The first-order valence-electron chi connectivity index (χ1n) is 16.2. The number of carbonyl (C=O) groups is 2. The number of rotatable bonds is 15. The zero-order valence-corrected chi connectivity index (χ0v) is 28.0. The molecule has 4 aromatic rings. The summed E-state index contributed by atoms with van der Waals surface area (Å²) in [6, 6.07) is 24.3. The van der Waals surface area contributed by atoms with Crippen molar-refractivity contribution in [3.8, 4) is 17.2 Å². The first kappa shape index (κ1) is 34.4. The molecule has 0 bridgehead atoms. The lowest BCUT2D eigenvalue weighted by atomic mass is 9.76. The van der Waals surface area contributed by atoms with E-state index < -0.39 is 5.91 Å². The van der Waals surface area contributed by atoms with Crippen LogP contribution in [0.5, 0.6) is 17.2 Å². The number of fused-ring (bicyclic) bond motifs is 1. The van der Waals surface area contributed by atoms with Crippen molar-refractivity contribution in [1.29, 1.82) is 0 Å². The van der Waals surface area contributed by atoms with Crippen LogP contribution in [0.15, 0.2) is 78.9 Å². The lowest BCUT2D eigenvalue weighted by Crippen LogP contribution is -2.25. The monoisotopic (exact) mass is 624 g/mol. The van der Waals surface area contributed by atoms with Gasteiger partial charge in [0.25, 0.3) is 11.8 Å². The van der Waals surface area contributed by atoms with E-state index in [1.165, 1.54) is 17.2 Å². The molecule has 4 aromatic carbocycles. The van der Waals surface area contributed by atoms with E-state index in [-0.39, 0.29) is 34.7 Å². The number of phenols is 1. The Kier molecular flexibility index (Phi) is 11.3. The van der Waals surface area contributed by atoms with Crippen molar-refractivity contribution in [2.24, 2.45) is 0 Å². The summed E-state index contributed by atoms with van der Waals surface area (Å²) in [7, 11) is 0. The molecule has 3 N–H and O–H groups in total. The van der Waals surface area contributed by atoms with E-state index in [0.29, 0.717) is 41.8 Å². The fourth-order valence-corrected chi connectivity index (χ4v) is 5.19. The maximum absolute atomic E-state index is 13.2. The Labute approximate surface area is 273 Å². The summed E-state index contributed by atoms with van der Waals surface area (Å²) in [5.41, 5.74) is 3.39. The van der Waals surface area contributed by atoms with Crippen molar-refractivity contribution in [2.75, 3.05) is 25.1 Å². The van der Waals surface area contributed by atoms with Gasteiger partial charge in [0.15, 0.2) is 6.61 Å². The highest BCUT2D eigenvalue weighted by Crippen LogP contribution is 2.39. The molecule has 0 aliphatic carbocycles. The number of carbonyl (C=O) groups excluding carboxylic acids is 2. The van der Waals surface area contributed by atoms with Gasteiger partial charge in [0.05, 0.1) is 12.2 Å². The third-order valence-corrected chi connectivity index (χ3v) is 9.01. The number of benzene rings is 4. The number of para-hydroxylation sites is 1. The first-order chi connectivity index (χ1) is 22.0. The Morgan fingerprint density at radius 1 is 0.761 bits per heavy atom. The van der Waals surface area contributed by atoms with Gasteiger partial charge in [-0.25, -0.2) is 0 Å². The molecule has 2 amide bonds. The SMILES string of the molecule is CCC(C)(C)c1ccc(OCCCCNC(=O)c2cc(OCC(=O)Nc3ccccc3)c3ccccc3c2O)c(C(C)(C)CC)c1. The molecule has 7 nitrogen and oxygen atoms in total. The average Bonchev–Trinajstić information content (AvgIpc) is 3.06. The van der Waals surface area contributed by atoms with Gasteiger partial charge in [-0.1, -0.05) is 96.1 Å². The number of hydrogen-bond donors (Lipinski definition) is 3. The maximum atomic E-state index is 13.2. The fraction of sp³-hybridized carbons (Fsp3) is 0.385. The van der Waals surface area contributed by atoms with Crippen molar-refractivity contribution in [2.45, 2.75) is 78.1 Å². The summed E-state index contributed by atoms with van der Waals surface area (Å²) in [4.78, 5) is 25.7. The molecular formula is C39H48N2O5. The number of amides is 2. The Morgan fingerprint density at radius 3 is 2.13 bits per heavy atom. The number of ether oxygens (including phenoxy) is 2. The van der Waals surface area contributed by atoms with E-state index in [1.807, 2.05) is 24.3 Å². The summed E-state index contributed by atoms with van der Waals surface area (Å²) in [6.45, 7) is 14.2. The van der Waals surface area contributed by atoms with E-state index >= 15 is 0 Å². The van der Waals surface area contributed by atoms with E-state index in [0.717, 1.165) is 25.0 Å². The van der Waals surface area contributed by atoms with Crippen LogP contribution in [-0.4, -0.2) is 36.7 Å². The predicted molar refractivity (Wildman–Crippen MR) is 186 cm³/mol. The van der Waals surface area contributed by atoms with Crippen LogP contribution in [0.2, 0.25) is 0 Å². The van der Waals surface area contributed by atoms with Gasteiger partial charge >= 0.3 is 0 Å². The summed E-state index contributed by atoms with van der Waals surface area (Å²) in [5, 5.41) is 17.7. The summed E-state index contributed by atoms with van der Waals surface area (Å²) >= 11 is 0. The van der Waals surface area contributed by atoms with Crippen molar-refractivity contribution < 1.29 is 24.2 Å². The van der Waals surface area contributed by atoms with Gasteiger partial charge in [-0.15, -0.1) is 0 Å². The molecule has 7 heteroatoms. The van der Waals surface area contributed by atoms with Gasteiger partial charge in [0, 0.05) is 28.6 Å². The minimum absolute atomic E-state index is 0.0146.